The highest BCUT2D eigenvalue weighted by molar-refractivity contribution is 5.88. The summed E-state index contributed by atoms with van der Waals surface area (Å²) in [6.07, 6.45) is -0.297. The Morgan fingerprint density at radius 3 is 2.72 bits per heavy atom. The van der Waals surface area contributed by atoms with Gasteiger partial charge in [-0.05, 0) is 39.8 Å². The summed E-state index contributed by atoms with van der Waals surface area (Å²) in [6.45, 7) is 6.80. The Balaban J connectivity index is 2.14. The van der Waals surface area contributed by atoms with Gasteiger partial charge >= 0.3 is 11.6 Å². The Labute approximate surface area is 144 Å². The molecule has 2 heterocycles. The van der Waals surface area contributed by atoms with E-state index < -0.39 is 29.4 Å². The zero-order valence-corrected chi connectivity index (χ0v) is 14.5. The van der Waals surface area contributed by atoms with Crippen LogP contribution in [0.25, 0.3) is 11.0 Å². The molecule has 1 aromatic carbocycles. The molecule has 6 nitrogen and oxygen atoms in total. The van der Waals surface area contributed by atoms with Gasteiger partial charge in [0.05, 0.1) is 0 Å². The highest BCUT2D eigenvalue weighted by atomic mass is 16.6. The van der Waals surface area contributed by atoms with Crippen molar-refractivity contribution >= 4 is 16.9 Å². The van der Waals surface area contributed by atoms with Crippen molar-refractivity contribution in [3.63, 3.8) is 0 Å². The Hall–Kier alpha value is -2.60. The molecule has 2 aromatic rings. The average molecular weight is 344 g/mol. The summed E-state index contributed by atoms with van der Waals surface area (Å²) >= 11 is 0. The van der Waals surface area contributed by atoms with Gasteiger partial charge in [-0.1, -0.05) is 6.08 Å². The molecule has 0 saturated heterocycles. The summed E-state index contributed by atoms with van der Waals surface area (Å²) in [7, 11) is 0. The predicted octanol–water partition coefficient (Wildman–Crippen LogP) is 2.88. The Morgan fingerprint density at radius 2 is 2.04 bits per heavy atom. The van der Waals surface area contributed by atoms with Crippen molar-refractivity contribution in [1.29, 1.82) is 0 Å². The van der Waals surface area contributed by atoms with Gasteiger partial charge in [0, 0.05) is 28.7 Å². The van der Waals surface area contributed by atoms with Crippen molar-refractivity contribution in [2.24, 2.45) is 0 Å². The number of hydrogen-bond donors (Lipinski definition) is 1. The molecule has 0 amide bonds. The molecule has 25 heavy (non-hydrogen) atoms. The van der Waals surface area contributed by atoms with Crippen molar-refractivity contribution in [2.45, 2.75) is 45.5 Å². The number of fused-ring (bicyclic) bond motifs is 2. The maximum Gasteiger partial charge on any atom is 0.336 e. The number of hydrogen-bond acceptors (Lipinski definition) is 6. The minimum absolute atomic E-state index is 0.369. The van der Waals surface area contributed by atoms with Crippen molar-refractivity contribution in [2.75, 3.05) is 0 Å². The van der Waals surface area contributed by atoms with Crippen LogP contribution in [0.1, 0.15) is 39.4 Å². The van der Waals surface area contributed by atoms with Crippen LogP contribution in [0.3, 0.4) is 0 Å². The molecule has 0 bridgehead atoms. The summed E-state index contributed by atoms with van der Waals surface area (Å²) in [6, 6.07) is 6.21. The quantitative estimate of drug-likeness (QED) is 0.512. The van der Waals surface area contributed by atoms with Gasteiger partial charge < -0.3 is 19.0 Å². The zero-order chi connectivity index (χ0) is 18.4. The van der Waals surface area contributed by atoms with E-state index in [0.29, 0.717) is 27.9 Å². The molecule has 1 N–H and O–H groups in total. The summed E-state index contributed by atoms with van der Waals surface area (Å²) in [5, 5.41) is 11.3. The van der Waals surface area contributed by atoms with Gasteiger partial charge in [-0.3, -0.25) is 0 Å². The lowest BCUT2D eigenvalue weighted by Crippen LogP contribution is -2.49. The van der Waals surface area contributed by atoms with Crippen LogP contribution in [0, 0.1) is 0 Å². The second-order valence-corrected chi connectivity index (χ2v) is 6.63. The lowest BCUT2D eigenvalue weighted by molar-refractivity contribution is -0.166. The van der Waals surface area contributed by atoms with Gasteiger partial charge in [-0.2, -0.15) is 0 Å². The fraction of sp³-hybridized carbons (Fsp3) is 0.368. The van der Waals surface area contributed by atoms with E-state index in [4.69, 9.17) is 13.9 Å². The van der Waals surface area contributed by atoms with Crippen molar-refractivity contribution < 1.29 is 23.8 Å². The highest BCUT2D eigenvalue weighted by Gasteiger charge is 2.45. The fourth-order valence-electron chi connectivity index (χ4n) is 2.76. The molecule has 0 aliphatic carbocycles. The minimum atomic E-state index is -1.05. The van der Waals surface area contributed by atoms with Crippen LogP contribution < -0.4 is 10.4 Å². The summed E-state index contributed by atoms with van der Waals surface area (Å²) < 4.78 is 16.6. The van der Waals surface area contributed by atoms with Crippen LogP contribution >= 0.6 is 0 Å². The smallest absolute Gasteiger partial charge is 0.336 e. The van der Waals surface area contributed by atoms with Crippen LogP contribution in [0.5, 0.6) is 5.75 Å². The molecule has 3 rings (SSSR count). The number of esters is 1. The third kappa shape index (κ3) is 3.05. The van der Waals surface area contributed by atoms with E-state index in [1.807, 2.05) is 0 Å². The van der Waals surface area contributed by atoms with Gasteiger partial charge in [0.2, 0.25) is 0 Å². The molecule has 132 valence electrons. The minimum Gasteiger partial charge on any atom is -0.484 e. The molecule has 0 saturated carbocycles. The molecule has 2 atom stereocenters. The van der Waals surface area contributed by atoms with Crippen molar-refractivity contribution in [3.05, 3.63) is 51.9 Å². The standard InChI is InChI=1S/C19H20O6/c1-5-10(2)18(22)24-16-12-8-11-6-7-15(20)23-13(11)9-14(12)25-19(3,4)17(16)21/h5-9,16-17,21H,1-4H3/b10-5+/t16-,17-/m1/s1. The van der Waals surface area contributed by atoms with Crippen LogP contribution in [0.15, 0.2) is 45.1 Å². The largest absolute Gasteiger partial charge is 0.484 e. The third-order valence-electron chi connectivity index (χ3n) is 4.42. The maximum absolute atomic E-state index is 12.2. The first-order valence-corrected chi connectivity index (χ1v) is 8.01. The van der Waals surface area contributed by atoms with Gasteiger partial charge in [0.25, 0.3) is 0 Å². The number of aliphatic hydroxyl groups is 1. The molecule has 0 fully saturated rings. The van der Waals surface area contributed by atoms with Crippen LogP contribution in [-0.2, 0) is 9.53 Å². The first-order valence-electron chi connectivity index (χ1n) is 8.01. The molecule has 0 unspecified atom stereocenters. The van der Waals surface area contributed by atoms with E-state index >= 15 is 0 Å². The van der Waals surface area contributed by atoms with Crippen LogP contribution in [0.4, 0.5) is 0 Å². The van der Waals surface area contributed by atoms with Crippen LogP contribution in [-0.4, -0.2) is 22.8 Å². The number of carbonyl (C=O) groups is 1. The second kappa shape index (κ2) is 6.04. The lowest BCUT2D eigenvalue weighted by Gasteiger charge is -2.41. The Kier molecular flexibility index (Phi) is 4.16. The monoisotopic (exact) mass is 344 g/mol. The SMILES string of the molecule is C/C=C(\C)C(=O)O[C@@H]1c2cc3ccc(=O)oc3cc2OC(C)(C)[C@@H]1O. The maximum atomic E-state index is 12.2. The number of rotatable bonds is 2. The van der Waals surface area contributed by atoms with Crippen molar-refractivity contribution in [3.8, 4) is 5.75 Å². The molecular weight excluding hydrogens is 324 g/mol. The van der Waals surface area contributed by atoms with Gasteiger partial charge in [-0.15, -0.1) is 0 Å². The second-order valence-electron chi connectivity index (χ2n) is 6.63. The molecule has 0 spiro atoms. The van der Waals surface area contributed by atoms with Gasteiger partial charge in [0.15, 0.2) is 6.10 Å². The Morgan fingerprint density at radius 1 is 1.32 bits per heavy atom. The third-order valence-corrected chi connectivity index (χ3v) is 4.42. The zero-order valence-electron chi connectivity index (χ0n) is 14.5. The van der Waals surface area contributed by atoms with Gasteiger partial charge in [0.1, 0.15) is 23.0 Å². The van der Waals surface area contributed by atoms with Gasteiger partial charge in [-0.25, -0.2) is 9.59 Å². The first kappa shape index (κ1) is 17.2. The van der Waals surface area contributed by atoms with E-state index in [0.717, 1.165) is 0 Å². The number of aliphatic hydroxyl groups excluding tert-OH is 1. The summed E-state index contributed by atoms with van der Waals surface area (Å²) in [4.78, 5) is 23.6. The average Bonchev–Trinajstić information content (AvgIpc) is 2.56. The molecule has 1 aromatic heterocycles. The molecule has 6 heteroatoms. The highest BCUT2D eigenvalue weighted by Crippen LogP contribution is 2.43. The number of allylic oxidation sites excluding steroid dienone is 1. The normalized spacial score (nSPS) is 22.2. The van der Waals surface area contributed by atoms with E-state index in [2.05, 4.69) is 0 Å². The van der Waals surface area contributed by atoms with Crippen molar-refractivity contribution in [1.82, 2.24) is 0 Å². The topological polar surface area (TPSA) is 86.0 Å². The molecule has 0 radical (unpaired) electrons. The number of benzene rings is 1. The molecule has 1 aliphatic heterocycles. The fourth-order valence-corrected chi connectivity index (χ4v) is 2.76. The van der Waals surface area contributed by atoms with Crippen LogP contribution in [0.2, 0.25) is 0 Å². The number of carbonyl (C=O) groups excluding carboxylic acids is 1. The molecular formula is C19H20O6. The number of ether oxygens (including phenoxy) is 2. The predicted molar refractivity (Wildman–Crippen MR) is 91.5 cm³/mol. The Bertz CT molecular complexity index is 921. The lowest BCUT2D eigenvalue weighted by atomic mass is 9.87. The van der Waals surface area contributed by atoms with E-state index in [1.54, 1.807) is 52.0 Å². The molecule has 1 aliphatic rings. The van der Waals surface area contributed by atoms with E-state index in [1.165, 1.54) is 6.07 Å². The summed E-state index contributed by atoms with van der Waals surface area (Å²) in [5.41, 5.74) is -0.0949. The summed E-state index contributed by atoms with van der Waals surface area (Å²) in [5.74, 6) is -0.0945. The van der Waals surface area contributed by atoms with E-state index in [9.17, 15) is 14.7 Å². The van der Waals surface area contributed by atoms with E-state index in [-0.39, 0.29) is 0 Å². The first-order chi connectivity index (χ1) is 11.7.